The van der Waals surface area contributed by atoms with Crippen LogP contribution in [-0.4, -0.2) is 47.3 Å². The molecule has 8 heteroatoms. The average Bonchev–Trinajstić information content (AvgIpc) is 3.34. The van der Waals surface area contributed by atoms with Gasteiger partial charge in [-0.3, -0.25) is 9.79 Å². The maximum atomic E-state index is 11.9. The number of amides is 1. The SMILES string of the molecule is CN=C(NCc1cccc(CN2CCCC2=O)c1)N(C)Cc1nc2c(s1)CCCC2.I. The van der Waals surface area contributed by atoms with Crippen LogP contribution in [0.3, 0.4) is 0 Å². The van der Waals surface area contributed by atoms with Gasteiger partial charge in [-0.05, 0) is 43.2 Å². The third-order valence-electron chi connectivity index (χ3n) is 5.82. The number of aliphatic imine (C=N–C) groups is 1. The first kappa shape index (κ1) is 24.0. The van der Waals surface area contributed by atoms with Crippen LogP contribution in [0, 0.1) is 0 Å². The molecule has 0 bridgehead atoms. The van der Waals surface area contributed by atoms with Gasteiger partial charge >= 0.3 is 0 Å². The number of thiazole rings is 1. The Morgan fingerprint density at radius 1 is 1.23 bits per heavy atom. The molecule has 2 aromatic rings. The van der Waals surface area contributed by atoms with E-state index in [0.717, 1.165) is 31.9 Å². The molecule has 0 atom stereocenters. The van der Waals surface area contributed by atoms with Crippen molar-refractivity contribution in [1.82, 2.24) is 20.1 Å². The maximum Gasteiger partial charge on any atom is 0.222 e. The van der Waals surface area contributed by atoms with Crippen LogP contribution in [0.4, 0.5) is 0 Å². The Bertz CT molecular complexity index is 905. The molecule has 0 unspecified atom stereocenters. The molecule has 1 amide bonds. The zero-order valence-electron chi connectivity index (χ0n) is 18.4. The lowest BCUT2D eigenvalue weighted by molar-refractivity contribution is -0.128. The summed E-state index contributed by atoms with van der Waals surface area (Å²) in [6.07, 6.45) is 6.53. The van der Waals surface area contributed by atoms with Crippen LogP contribution in [0.5, 0.6) is 0 Å². The van der Waals surface area contributed by atoms with E-state index < -0.39 is 0 Å². The molecular weight excluding hydrogens is 521 g/mol. The third-order valence-corrected chi connectivity index (χ3v) is 6.96. The number of carbonyl (C=O) groups excluding carboxylic acids is 1. The largest absolute Gasteiger partial charge is 0.352 e. The van der Waals surface area contributed by atoms with Gasteiger partial charge in [0, 0.05) is 45.0 Å². The second-order valence-electron chi connectivity index (χ2n) is 8.18. The highest BCUT2D eigenvalue weighted by Gasteiger charge is 2.20. The number of aromatic nitrogens is 1. The van der Waals surface area contributed by atoms with Crippen molar-refractivity contribution < 1.29 is 4.79 Å². The highest BCUT2D eigenvalue weighted by Crippen LogP contribution is 2.27. The van der Waals surface area contributed by atoms with E-state index in [1.165, 1.54) is 46.0 Å². The number of benzene rings is 1. The van der Waals surface area contributed by atoms with Gasteiger partial charge in [0.2, 0.25) is 5.91 Å². The van der Waals surface area contributed by atoms with E-state index in [1.54, 1.807) is 0 Å². The molecule has 0 radical (unpaired) electrons. The summed E-state index contributed by atoms with van der Waals surface area (Å²) >= 11 is 1.86. The summed E-state index contributed by atoms with van der Waals surface area (Å²) in [5.74, 6) is 1.13. The van der Waals surface area contributed by atoms with Gasteiger partial charge in [-0.2, -0.15) is 0 Å². The van der Waals surface area contributed by atoms with Crippen LogP contribution in [-0.2, 0) is 37.3 Å². The Balaban J connectivity index is 0.00000272. The van der Waals surface area contributed by atoms with E-state index in [9.17, 15) is 4.79 Å². The van der Waals surface area contributed by atoms with E-state index in [-0.39, 0.29) is 29.9 Å². The zero-order valence-corrected chi connectivity index (χ0v) is 21.5. The second kappa shape index (κ2) is 11.3. The van der Waals surface area contributed by atoms with E-state index in [0.29, 0.717) is 19.5 Å². The van der Waals surface area contributed by atoms with Crippen LogP contribution in [0.1, 0.15) is 52.4 Å². The molecule has 0 saturated carbocycles. The van der Waals surface area contributed by atoms with Gasteiger partial charge in [0.15, 0.2) is 5.96 Å². The predicted octanol–water partition coefficient (Wildman–Crippen LogP) is 3.97. The summed E-state index contributed by atoms with van der Waals surface area (Å²) in [7, 11) is 3.88. The fourth-order valence-electron chi connectivity index (χ4n) is 4.25. The van der Waals surface area contributed by atoms with E-state index in [2.05, 4.69) is 46.5 Å². The molecule has 168 valence electrons. The van der Waals surface area contributed by atoms with E-state index in [4.69, 9.17) is 4.98 Å². The molecule has 1 N–H and O–H groups in total. The highest BCUT2D eigenvalue weighted by molar-refractivity contribution is 14.0. The molecule has 1 aromatic carbocycles. The highest BCUT2D eigenvalue weighted by atomic mass is 127. The number of hydrogen-bond acceptors (Lipinski definition) is 4. The number of likely N-dealkylation sites (tertiary alicyclic amines) is 1. The van der Waals surface area contributed by atoms with Crippen molar-refractivity contribution in [3.8, 4) is 0 Å². The minimum Gasteiger partial charge on any atom is -0.352 e. The van der Waals surface area contributed by atoms with Gasteiger partial charge in [0.25, 0.3) is 0 Å². The molecular formula is C23H32IN5OS. The maximum absolute atomic E-state index is 11.9. The van der Waals surface area contributed by atoms with Crippen molar-refractivity contribution in [3.05, 3.63) is 51.0 Å². The summed E-state index contributed by atoms with van der Waals surface area (Å²) in [5.41, 5.74) is 3.69. The molecule has 0 spiro atoms. The molecule has 2 heterocycles. The fourth-order valence-corrected chi connectivity index (χ4v) is 5.46. The van der Waals surface area contributed by atoms with Crippen LogP contribution < -0.4 is 5.32 Å². The first-order valence-corrected chi connectivity index (χ1v) is 11.7. The molecule has 1 aliphatic carbocycles. The lowest BCUT2D eigenvalue weighted by atomic mass is 10.0. The molecule has 1 aromatic heterocycles. The summed E-state index contributed by atoms with van der Waals surface area (Å²) in [4.78, 5) is 26.8. The number of rotatable bonds is 6. The van der Waals surface area contributed by atoms with Gasteiger partial charge in [-0.25, -0.2) is 4.98 Å². The smallest absolute Gasteiger partial charge is 0.222 e. The van der Waals surface area contributed by atoms with Crippen molar-refractivity contribution in [2.45, 2.75) is 58.2 Å². The van der Waals surface area contributed by atoms with Gasteiger partial charge in [0.05, 0.1) is 12.2 Å². The number of halogens is 1. The minimum absolute atomic E-state index is 0. The Morgan fingerprint density at radius 2 is 2.03 bits per heavy atom. The van der Waals surface area contributed by atoms with Crippen molar-refractivity contribution in [2.24, 2.45) is 4.99 Å². The quantitative estimate of drug-likeness (QED) is 0.334. The topological polar surface area (TPSA) is 60.8 Å². The number of aryl methyl sites for hydroxylation is 2. The predicted molar refractivity (Wildman–Crippen MR) is 137 cm³/mol. The Hall–Kier alpha value is -1.68. The number of carbonyl (C=O) groups is 1. The number of fused-ring (bicyclic) bond motifs is 1. The van der Waals surface area contributed by atoms with E-state index >= 15 is 0 Å². The number of hydrogen-bond donors (Lipinski definition) is 1. The number of guanidine groups is 1. The summed E-state index contributed by atoms with van der Waals surface area (Å²) in [5, 5.41) is 4.64. The van der Waals surface area contributed by atoms with Gasteiger partial charge in [-0.15, -0.1) is 35.3 Å². The number of nitrogens with one attached hydrogen (secondary N) is 1. The number of nitrogens with zero attached hydrogens (tertiary/aromatic N) is 4. The first-order valence-electron chi connectivity index (χ1n) is 10.9. The minimum atomic E-state index is 0. The lowest BCUT2D eigenvalue weighted by Gasteiger charge is -2.21. The molecule has 1 aliphatic heterocycles. The zero-order chi connectivity index (χ0) is 20.9. The first-order chi connectivity index (χ1) is 14.6. The molecule has 2 aliphatic rings. The Kier molecular flexibility index (Phi) is 8.71. The van der Waals surface area contributed by atoms with Crippen LogP contribution in [0.2, 0.25) is 0 Å². The summed E-state index contributed by atoms with van der Waals surface area (Å²) in [6, 6.07) is 8.46. The van der Waals surface area contributed by atoms with Gasteiger partial charge in [-0.1, -0.05) is 24.3 Å². The van der Waals surface area contributed by atoms with Crippen molar-refractivity contribution >= 4 is 47.2 Å². The van der Waals surface area contributed by atoms with Crippen LogP contribution in [0.15, 0.2) is 29.3 Å². The molecule has 6 nitrogen and oxygen atoms in total. The Morgan fingerprint density at radius 3 is 2.77 bits per heavy atom. The molecule has 1 saturated heterocycles. The second-order valence-corrected chi connectivity index (χ2v) is 9.35. The normalized spacial score (nSPS) is 16.1. The summed E-state index contributed by atoms with van der Waals surface area (Å²) < 4.78 is 0. The van der Waals surface area contributed by atoms with Crippen molar-refractivity contribution in [1.29, 1.82) is 0 Å². The lowest BCUT2D eigenvalue weighted by Crippen LogP contribution is -2.38. The summed E-state index contributed by atoms with van der Waals surface area (Å²) in [6.45, 7) is 3.05. The standard InChI is InChI=1S/C23H31N5OS.HI/c1-24-23(27(2)16-21-26-19-9-3-4-10-20(19)30-21)25-14-17-7-5-8-18(13-17)15-28-12-6-11-22(28)29;/h5,7-8,13H,3-4,6,9-12,14-16H2,1-2H3,(H,24,25);1H. The van der Waals surface area contributed by atoms with Gasteiger partial charge in [0.1, 0.15) is 5.01 Å². The molecule has 1 fully saturated rings. The van der Waals surface area contributed by atoms with Crippen molar-refractivity contribution in [3.63, 3.8) is 0 Å². The average molecular weight is 554 g/mol. The van der Waals surface area contributed by atoms with Gasteiger partial charge < -0.3 is 15.1 Å². The van der Waals surface area contributed by atoms with Crippen LogP contribution in [0.25, 0.3) is 0 Å². The fraction of sp³-hybridized carbons (Fsp3) is 0.522. The van der Waals surface area contributed by atoms with Crippen LogP contribution >= 0.6 is 35.3 Å². The van der Waals surface area contributed by atoms with E-state index in [1.807, 2.05) is 23.3 Å². The monoisotopic (exact) mass is 553 g/mol. The Labute approximate surface area is 206 Å². The van der Waals surface area contributed by atoms with Crippen molar-refractivity contribution in [2.75, 3.05) is 20.6 Å². The molecule has 4 rings (SSSR count). The molecule has 31 heavy (non-hydrogen) atoms. The third kappa shape index (κ3) is 6.19.